The van der Waals surface area contributed by atoms with Gasteiger partial charge in [0.05, 0.1) is 22.1 Å². The molecule has 0 fully saturated rings. The Balaban J connectivity index is 2.38. The number of hydrogen-bond donors (Lipinski definition) is 0. The van der Waals surface area contributed by atoms with Crippen LogP contribution >= 0.6 is 27.5 Å². The third-order valence-corrected chi connectivity index (χ3v) is 4.48. The molecule has 0 bridgehead atoms. The molecule has 1 aromatic heterocycles. The molecule has 1 heterocycles. The van der Waals surface area contributed by atoms with Gasteiger partial charge in [0.1, 0.15) is 0 Å². The number of rotatable bonds is 1. The summed E-state index contributed by atoms with van der Waals surface area (Å²) >= 11 is 4.88. The van der Waals surface area contributed by atoms with Crippen LogP contribution in [0.5, 0.6) is 0 Å². The van der Waals surface area contributed by atoms with Crippen LogP contribution in [0.15, 0.2) is 47.1 Å². The molecule has 86 valence electrons. The van der Waals surface area contributed by atoms with E-state index in [9.17, 15) is 0 Å². The lowest BCUT2D eigenvalue weighted by molar-refractivity contribution is 1.56. The Labute approximate surface area is 117 Å². The molecule has 0 aliphatic rings. The maximum atomic E-state index is 7.43. The van der Waals surface area contributed by atoms with Crippen LogP contribution in [-0.2, 0) is 0 Å². The van der Waals surface area contributed by atoms with E-state index in [1.165, 1.54) is 11.5 Å². The second kappa shape index (κ2) is 4.52. The minimum absolute atomic E-state index is 0.693. The van der Waals surface area contributed by atoms with Crippen LogP contribution in [0.2, 0.25) is 0 Å². The van der Waals surface area contributed by atoms with Crippen LogP contribution in [0.1, 0.15) is 0 Å². The lowest BCUT2D eigenvalue weighted by Crippen LogP contribution is -1.78. The predicted molar refractivity (Wildman–Crippen MR) is 79.0 cm³/mol. The van der Waals surface area contributed by atoms with Crippen molar-refractivity contribution < 1.29 is 0 Å². The molecule has 0 unspecified atom stereocenters. The summed E-state index contributed by atoms with van der Waals surface area (Å²) in [6.45, 7) is 7.43. The first-order valence-corrected chi connectivity index (χ1v) is 6.87. The fourth-order valence-electron chi connectivity index (χ4n) is 1.96. The van der Waals surface area contributed by atoms with E-state index in [1.54, 1.807) is 6.20 Å². The average Bonchev–Trinajstić information content (AvgIpc) is 2.83. The topological polar surface area (TPSA) is 17.2 Å². The van der Waals surface area contributed by atoms with Gasteiger partial charge in [0.15, 0.2) is 0 Å². The Hall–Kier alpha value is -1.70. The molecule has 0 spiro atoms. The van der Waals surface area contributed by atoms with E-state index in [2.05, 4.69) is 25.1 Å². The molecule has 3 aromatic rings. The average molecular weight is 315 g/mol. The van der Waals surface area contributed by atoms with Crippen molar-refractivity contribution in [1.82, 2.24) is 4.37 Å². The van der Waals surface area contributed by atoms with Crippen molar-refractivity contribution in [3.8, 4) is 10.4 Å². The van der Waals surface area contributed by atoms with E-state index in [1.807, 2.05) is 36.4 Å². The zero-order chi connectivity index (χ0) is 12.5. The number of hydrogen-bond acceptors (Lipinski definition) is 2. The molecule has 0 amide bonds. The summed E-state index contributed by atoms with van der Waals surface area (Å²) in [4.78, 5) is 4.71. The van der Waals surface area contributed by atoms with Crippen LogP contribution in [0.3, 0.4) is 0 Å². The highest BCUT2D eigenvalue weighted by atomic mass is 79.9. The SMILES string of the molecule is [C-]#[N+]c1c(-c2sncc2Br)ccc2ccccc12. The van der Waals surface area contributed by atoms with E-state index in [-0.39, 0.29) is 0 Å². The number of aromatic nitrogens is 1. The Morgan fingerprint density at radius 2 is 2.00 bits per heavy atom. The molecule has 2 aromatic carbocycles. The molecule has 18 heavy (non-hydrogen) atoms. The summed E-state index contributed by atoms with van der Waals surface area (Å²) < 4.78 is 5.08. The highest BCUT2D eigenvalue weighted by Crippen LogP contribution is 2.41. The van der Waals surface area contributed by atoms with Crippen molar-refractivity contribution in [2.75, 3.05) is 0 Å². The van der Waals surface area contributed by atoms with E-state index < -0.39 is 0 Å². The van der Waals surface area contributed by atoms with Crippen molar-refractivity contribution in [3.63, 3.8) is 0 Å². The molecule has 2 nitrogen and oxygen atoms in total. The van der Waals surface area contributed by atoms with Crippen molar-refractivity contribution in [3.05, 3.63) is 58.5 Å². The monoisotopic (exact) mass is 314 g/mol. The zero-order valence-corrected chi connectivity index (χ0v) is 11.6. The summed E-state index contributed by atoms with van der Waals surface area (Å²) in [6, 6.07) is 12.0. The van der Waals surface area contributed by atoms with Crippen LogP contribution in [0.25, 0.3) is 26.1 Å². The molecule has 0 N–H and O–H groups in total. The summed E-state index contributed by atoms with van der Waals surface area (Å²) in [6.07, 6.45) is 1.77. The number of nitrogens with zero attached hydrogens (tertiary/aromatic N) is 2. The van der Waals surface area contributed by atoms with E-state index in [0.29, 0.717) is 5.69 Å². The molecule has 0 aliphatic carbocycles. The molecule has 0 atom stereocenters. The minimum atomic E-state index is 0.693. The maximum absolute atomic E-state index is 7.43. The molecule has 0 saturated carbocycles. The zero-order valence-electron chi connectivity index (χ0n) is 9.22. The summed E-state index contributed by atoms with van der Waals surface area (Å²) in [5.74, 6) is 0. The second-order valence-electron chi connectivity index (χ2n) is 3.80. The van der Waals surface area contributed by atoms with Crippen LogP contribution < -0.4 is 0 Å². The Morgan fingerprint density at radius 1 is 1.17 bits per heavy atom. The number of benzene rings is 2. The largest absolute Gasteiger partial charge is 0.237 e. The molecule has 0 aliphatic heterocycles. The molecule has 0 saturated heterocycles. The normalized spacial score (nSPS) is 10.4. The van der Waals surface area contributed by atoms with Gasteiger partial charge in [-0.25, -0.2) is 4.85 Å². The molecule has 4 heteroatoms. The van der Waals surface area contributed by atoms with Gasteiger partial charge in [0.25, 0.3) is 0 Å². The minimum Gasteiger partial charge on any atom is -0.237 e. The van der Waals surface area contributed by atoms with Gasteiger partial charge >= 0.3 is 0 Å². The van der Waals surface area contributed by atoms with Gasteiger partial charge in [-0.2, -0.15) is 4.37 Å². The predicted octanol–water partition coefficient (Wildman–Crippen LogP) is 5.28. The van der Waals surface area contributed by atoms with Crippen molar-refractivity contribution >= 4 is 43.9 Å². The second-order valence-corrected chi connectivity index (χ2v) is 5.45. The summed E-state index contributed by atoms with van der Waals surface area (Å²) in [5, 5.41) is 2.08. The van der Waals surface area contributed by atoms with Crippen LogP contribution in [-0.4, -0.2) is 4.37 Å². The fraction of sp³-hybridized carbons (Fsp3) is 0. The lowest BCUT2D eigenvalue weighted by atomic mass is 10.0. The first-order valence-electron chi connectivity index (χ1n) is 5.31. The molecule has 3 rings (SSSR count). The Kier molecular flexibility index (Phi) is 2.86. The third kappa shape index (κ3) is 1.72. The summed E-state index contributed by atoms with van der Waals surface area (Å²) in [7, 11) is 0. The Bertz CT molecular complexity index is 771. The van der Waals surface area contributed by atoms with Crippen LogP contribution in [0, 0.1) is 6.57 Å². The van der Waals surface area contributed by atoms with Gasteiger partial charge in [-0.1, -0.05) is 36.4 Å². The van der Waals surface area contributed by atoms with Crippen molar-refractivity contribution in [1.29, 1.82) is 0 Å². The van der Waals surface area contributed by atoms with Crippen LogP contribution in [0.4, 0.5) is 5.69 Å². The van der Waals surface area contributed by atoms with Crippen molar-refractivity contribution in [2.45, 2.75) is 0 Å². The molecular formula is C14H7BrN2S. The van der Waals surface area contributed by atoms with Gasteiger partial charge in [-0.3, -0.25) is 0 Å². The highest BCUT2D eigenvalue weighted by Gasteiger charge is 2.13. The highest BCUT2D eigenvalue weighted by molar-refractivity contribution is 9.10. The van der Waals surface area contributed by atoms with Gasteiger partial charge < -0.3 is 0 Å². The van der Waals surface area contributed by atoms with Gasteiger partial charge in [0.2, 0.25) is 5.69 Å². The smallest absolute Gasteiger partial charge is 0.203 e. The van der Waals surface area contributed by atoms with Gasteiger partial charge in [-0.05, 0) is 38.2 Å². The molecular weight excluding hydrogens is 308 g/mol. The Morgan fingerprint density at radius 3 is 2.72 bits per heavy atom. The number of halogens is 1. The summed E-state index contributed by atoms with van der Waals surface area (Å²) in [5.41, 5.74) is 1.64. The van der Waals surface area contributed by atoms with E-state index in [0.717, 1.165) is 25.7 Å². The third-order valence-electron chi connectivity index (χ3n) is 2.78. The molecule has 0 radical (unpaired) electrons. The van der Waals surface area contributed by atoms with E-state index in [4.69, 9.17) is 6.57 Å². The quantitative estimate of drug-likeness (QED) is 0.559. The fourth-order valence-corrected chi connectivity index (χ4v) is 3.30. The standard InChI is InChI=1S/C14H7BrN2S/c1-16-13-10-5-3-2-4-9(10)6-7-11(13)14-12(15)8-17-18-14/h2-8H. The maximum Gasteiger partial charge on any atom is 0.203 e. The first-order chi connectivity index (χ1) is 8.81. The lowest BCUT2D eigenvalue weighted by Gasteiger charge is -2.06. The van der Waals surface area contributed by atoms with Crippen molar-refractivity contribution in [2.24, 2.45) is 0 Å². The number of fused-ring (bicyclic) bond motifs is 1. The van der Waals surface area contributed by atoms with Gasteiger partial charge in [-0.15, -0.1) is 0 Å². The first kappa shape index (κ1) is 11.4. The van der Waals surface area contributed by atoms with Gasteiger partial charge in [0, 0.05) is 5.56 Å². The van der Waals surface area contributed by atoms with E-state index >= 15 is 0 Å².